The summed E-state index contributed by atoms with van der Waals surface area (Å²) in [6, 6.07) is 18.9. The first-order valence-electron chi connectivity index (χ1n) is 8.94. The second-order valence-electron chi connectivity index (χ2n) is 6.46. The highest BCUT2D eigenvalue weighted by atomic mass is 35.5. The molecule has 0 aliphatic carbocycles. The second-order valence-corrected chi connectivity index (χ2v) is 9.44. The van der Waals surface area contributed by atoms with Crippen LogP contribution in [0, 0.1) is 0 Å². The third kappa shape index (κ3) is 5.48. The number of hydrogen-bond acceptors (Lipinski definition) is 4. The van der Waals surface area contributed by atoms with E-state index in [2.05, 4.69) is 5.32 Å². The van der Waals surface area contributed by atoms with Crippen LogP contribution in [-0.4, -0.2) is 25.9 Å². The highest BCUT2D eigenvalue weighted by Gasteiger charge is 2.19. The zero-order valence-electron chi connectivity index (χ0n) is 15.6. The van der Waals surface area contributed by atoms with Crippen molar-refractivity contribution in [3.05, 3.63) is 94.0 Å². The largest absolute Gasteiger partial charge is 0.325 e. The molecule has 0 aliphatic rings. The normalized spacial score (nSPS) is 11.1. The van der Waals surface area contributed by atoms with Crippen molar-refractivity contribution in [3.63, 3.8) is 0 Å². The fraction of sp³-hybridized carbons (Fsp3) is 0.0909. The molecule has 1 amide bonds. The number of benzene rings is 3. The average molecular weight is 462 g/mol. The molecule has 1 N–H and O–H groups in total. The summed E-state index contributed by atoms with van der Waals surface area (Å²) in [6.45, 7) is 0. The van der Waals surface area contributed by atoms with E-state index in [9.17, 15) is 18.0 Å². The molecule has 0 saturated carbocycles. The zero-order chi connectivity index (χ0) is 21.7. The molecule has 0 unspecified atom stereocenters. The molecule has 0 aromatic heterocycles. The van der Waals surface area contributed by atoms with E-state index in [0.29, 0.717) is 15.6 Å². The molecule has 0 aliphatic heterocycles. The molecular weight excluding hydrogens is 445 g/mol. The number of rotatable bonds is 7. The number of sulfone groups is 1. The molecule has 0 atom stereocenters. The summed E-state index contributed by atoms with van der Waals surface area (Å²) in [7, 11) is -3.65. The van der Waals surface area contributed by atoms with Gasteiger partial charge in [0.25, 0.3) is 0 Å². The van der Waals surface area contributed by atoms with Gasteiger partial charge in [-0.15, -0.1) is 0 Å². The van der Waals surface area contributed by atoms with Gasteiger partial charge in [0.1, 0.15) is 0 Å². The molecule has 0 saturated heterocycles. The Morgan fingerprint density at radius 3 is 2.13 bits per heavy atom. The Morgan fingerprint density at radius 1 is 0.833 bits per heavy atom. The van der Waals surface area contributed by atoms with Crippen molar-refractivity contribution in [3.8, 4) is 0 Å². The predicted octanol–water partition coefficient (Wildman–Crippen LogP) is 5.03. The maximum absolute atomic E-state index is 12.8. The summed E-state index contributed by atoms with van der Waals surface area (Å²) >= 11 is 11.8. The smallest absolute Gasteiger partial charge is 0.225 e. The minimum Gasteiger partial charge on any atom is -0.325 e. The van der Waals surface area contributed by atoms with Crippen molar-refractivity contribution in [2.75, 3.05) is 11.1 Å². The number of hydrogen-bond donors (Lipinski definition) is 1. The number of ketones is 1. The van der Waals surface area contributed by atoms with Crippen LogP contribution in [0.1, 0.15) is 22.3 Å². The van der Waals surface area contributed by atoms with Gasteiger partial charge in [0.2, 0.25) is 5.91 Å². The molecule has 3 aromatic carbocycles. The molecule has 30 heavy (non-hydrogen) atoms. The van der Waals surface area contributed by atoms with Crippen molar-refractivity contribution < 1.29 is 18.0 Å². The molecule has 3 rings (SSSR count). The third-order valence-corrected chi connectivity index (χ3v) is 6.53. The Bertz CT molecular complexity index is 1180. The fourth-order valence-electron chi connectivity index (χ4n) is 2.76. The van der Waals surface area contributed by atoms with Crippen LogP contribution in [0.25, 0.3) is 0 Å². The standard InChI is InChI=1S/C22H17Cl2NO4S/c23-16-6-9-18(10-7-16)30(28,29)13-12-21(26)25-20-11-8-17(24)14-19(20)22(27)15-4-2-1-3-5-15/h1-11,14H,12-13H2,(H,25,26). The molecule has 0 spiro atoms. The summed E-state index contributed by atoms with van der Waals surface area (Å²) < 4.78 is 24.8. The summed E-state index contributed by atoms with van der Waals surface area (Å²) in [5.74, 6) is -1.21. The van der Waals surface area contributed by atoms with Crippen molar-refractivity contribution in [2.24, 2.45) is 0 Å². The highest BCUT2D eigenvalue weighted by molar-refractivity contribution is 7.91. The molecule has 3 aromatic rings. The lowest BCUT2D eigenvalue weighted by atomic mass is 10.0. The van der Waals surface area contributed by atoms with Crippen LogP contribution in [-0.2, 0) is 14.6 Å². The topological polar surface area (TPSA) is 80.3 Å². The van der Waals surface area contributed by atoms with E-state index in [4.69, 9.17) is 23.2 Å². The first-order valence-corrected chi connectivity index (χ1v) is 11.3. The number of halogens is 2. The second kappa shape index (κ2) is 9.43. The molecule has 0 bridgehead atoms. The Labute approximate surface area is 184 Å². The number of carbonyl (C=O) groups is 2. The van der Waals surface area contributed by atoms with Crippen LogP contribution < -0.4 is 5.32 Å². The van der Waals surface area contributed by atoms with Crippen LogP contribution in [0.4, 0.5) is 5.69 Å². The van der Waals surface area contributed by atoms with Gasteiger partial charge < -0.3 is 5.32 Å². The van der Waals surface area contributed by atoms with Gasteiger partial charge in [-0.25, -0.2) is 8.42 Å². The van der Waals surface area contributed by atoms with E-state index in [1.807, 2.05) is 0 Å². The van der Waals surface area contributed by atoms with Crippen LogP contribution in [0.3, 0.4) is 0 Å². The van der Waals surface area contributed by atoms with Gasteiger partial charge in [-0.3, -0.25) is 9.59 Å². The Hall–Kier alpha value is -2.67. The van der Waals surface area contributed by atoms with Crippen molar-refractivity contribution >= 4 is 50.4 Å². The first-order chi connectivity index (χ1) is 14.3. The number of carbonyl (C=O) groups excluding carboxylic acids is 2. The number of amides is 1. The van der Waals surface area contributed by atoms with Gasteiger partial charge in [-0.1, -0.05) is 53.5 Å². The fourth-order valence-corrected chi connectivity index (χ4v) is 4.30. The van der Waals surface area contributed by atoms with Crippen LogP contribution in [0.5, 0.6) is 0 Å². The zero-order valence-corrected chi connectivity index (χ0v) is 18.0. The van der Waals surface area contributed by atoms with Crippen LogP contribution >= 0.6 is 23.2 Å². The Morgan fingerprint density at radius 2 is 1.47 bits per heavy atom. The van der Waals surface area contributed by atoms with Crippen molar-refractivity contribution in [2.45, 2.75) is 11.3 Å². The van der Waals surface area contributed by atoms with E-state index in [1.54, 1.807) is 36.4 Å². The van der Waals surface area contributed by atoms with Gasteiger partial charge >= 0.3 is 0 Å². The maximum atomic E-state index is 12.8. The lowest BCUT2D eigenvalue weighted by molar-refractivity contribution is -0.115. The van der Waals surface area contributed by atoms with E-state index in [0.717, 1.165) is 0 Å². The average Bonchev–Trinajstić information content (AvgIpc) is 2.74. The SMILES string of the molecule is O=C(CCS(=O)(=O)c1ccc(Cl)cc1)Nc1ccc(Cl)cc1C(=O)c1ccccc1. The van der Waals surface area contributed by atoms with Crippen molar-refractivity contribution in [1.82, 2.24) is 0 Å². The molecule has 0 fully saturated rings. The van der Waals surface area contributed by atoms with E-state index in [1.165, 1.54) is 36.4 Å². The van der Waals surface area contributed by atoms with Gasteiger partial charge in [-0.05, 0) is 42.5 Å². The molecule has 8 heteroatoms. The summed E-state index contributed by atoms with van der Waals surface area (Å²) in [5, 5.41) is 3.38. The van der Waals surface area contributed by atoms with Crippen molar-refractivity contribution in [1.29, 1.82) is 0 Å². The van der Waals surface area contributed by atoms with Crippen LogP contribution in [0.2, 0.25) is 10.0 Å². The predicted molar refractivity (Wildman–Crippen MR) is 118 cm³/mol. The van der Waals surface area contributed by atoms with Gasteiger partial charge in [-0.2, -0.15) is 0 Å². The molecule has 0 radical (unpaired) electrons. The molecule has 154 valence electrons. The monoisotopic (exact) mass is 461 g/mol. The van der Waals surface area contributed by atoms with E-state index < -0.39 is 15.7 Å². The van der Waals surface area contributed by atoms with Gasteiger partial charge in [0, 0.05) is 27.6 Å². The quantitative estimate of drug-likeness (QED) is 0.500. The molecular formula is C22H17Cl2NO4S. The van der Waals surface area contributed by atoms with E-state index >= 15 is 0 Å². The Balaban J connectivity index is 1.74. The lowest BCUT2D eigenvalue weighted by Gasteiger charge is -2.11. The summed E-state index contributed by atoms with van der Waals surface area (Å²) in [4.78, 5) is 25.3. The number of anilines is 1. The summed E-state index contributed by atoms with van der Waals surface area (Å²) in [6.07, 6.45) is -0.271. The first kappa shape index (κ1) is 22.0. The highest BCUT2D eigenvalue weighted by Crippen LogP contribution is 2.24. The molecule has 0 heterocycles. The minimum absolute atomic E-state index is 0.0890. The minimum atomic E-state index is -3.65. The molecule has 5 nitrogen and oxygen atoms in total. The van der Waals surface area contributed by atoms with E-state index in [-0.39, 0.29) is 34.1 Å². The van der Waals surface area contributed by atoms with Gasteiger partial charge in [0.15, 0.2) is 15.6 Å². The third-order valence-electron chi connectivity index (χ3n) is 4.31. The lowest BCUT2D eigenvalue weighted by Crippen LogP contribution is -2.19. The van der Waals surface area contributed by atoms with Gasteiger partial charge in [0.05, 0.1) is 16.3 Å². The van der Waals surface area contributed by atoms with Crippen LogP contribution in [0.15, 0.2) is 77.7 Å². The Kier molecular flexibility index (Phi) is 6.92. The summed E-state index contributed by atoms with van der Waals surface area (Å²) in [5.41, 5.74) is 0.935. The maximum Gasteiger partial charge on any atom is 0.225 e. The number of nitrogens with one attached hydrogen (secondary N) is 1.